The third-order valence-electron chi connectivity index (χ3n) is 5.64. The number of carboxylic acid groups (broad SMARTS) is 1. The number of ether oxygens (including phenoxy) is 1. The highest BCUT2D eigenvalue weighted by Gasteiger charge is 2.47. The molecule has 0 aliphatic carbocycles. The molecule has 39 heavy (non-hydrogen) atoms. The summed E-state index contributed by atoms with van der Waals surface area (Å²) in [6, 6.07) is 17.4. The average Bonchev–Trinajstić information content (AvgIpc) is 3.44. The fraction of sp³-hybridized carbons (Fsp3) is 0.250. The number of carbonyl (C=O) groups excluding carboxylic acids is 1. The van der Waals surface area contributed by atoms with Gasteiger partial charge in [-0.25, -0.2) is 18.6 Å². The molecule has 1 N–H and O–H groups in total. The number of likely N-dealkylation sites (tertiary alicyclic amines) is 1. The Balaban J connectivity index is 0.000000448. The van der Waals surface area contributed by atoms with Crippen molar-refractivity contribution in [3.8, 4) is 11.6 Å². The van der Waals surface area contributed by atoms with Crippen molar-refractivity contribution in [3.05, 3.63) is 72.6 Å². The molecule has 4 aromatic rings. The first-order valence-corrected chi connectivity index (χ1v) is 11.3. The van der Waals surface area contributed by atoms with Gasteiger partial charge in [0.1, 0.15) is 5.69 Å². The van der Waals surface area contributed by atoms with E-state index in [1.54, 1.807) is 42.5 Å². The Kier molecular flexibility index (Phi) is 7.69. The smallest absolute Gasteiger partial charge is 0.475 e. The Bertz CT molecular complexity index is 1460. The number of pyridine rings is 1. The zero-order valence-electron chi connectivity index (χ0n) is 19.8. The summed E-state index contributed by atoms with van der Waals surface area (Å²) in [5.41, 5.74) is 1.35. The van der Waals surface area contributed by atoms with Crippen LogP contribution in [0, 0.1) is 0 Å². The van der Waals surface area contributed by atoms with Gasteiger partial charge in [0.2, 0.25) is 5.88 Å². The maximum Gasteiger partial charge on any atom is 0.490 e. The molecule has 15 heteroatoms. The van der Waals surface area contributed by atoms with E-state index in [4.69, 9.17) is 14.6 Å². The second-order valence-corrected chi connectivity index (χ2v) is 8.26. The zero-order valence-corrected chi connectivity index (χ0v) is 19.8. The van der Waals surface area contributed by atoms with Crippen molar-refractivity contribution in [1.29, 1.82) is 0 Å². The second-order valence-electron chi connectivity index (χ2n) is 8.26. The van der Waals surface area contributed by atoms with E-state index in [1.807, 2.05) is 18.2 Å². The molecule has 0 spiro atoms. The minimum atomic E-state index is -5.08. The molecule has 204 valence electrons. The van der Waals surface area contributed by atoms with Crippen LogP contribution < -0.4 is 4.74 Å². The highest BCUT2D eigenvalue weighted by molar-refractivity contribution is 5.97. The molecule has 5 rings (SSSR count). The van der Waals surface area contributed by atoms with Crippen molar-refractivity contribution in [1.82, 2.24) is 30.1 Å². The minimum absolute atomic E-state index is 0.0925. The maximum atomic E-state index is 14.7. The summed E-state index contributed by atoms with van der Waals surface area (Å²) in [5, 5.41) is 19.5. The average molecular weight is 550 g/mol. The van der Waals surface area contributed by atoms with Crippen LogP contribution in [0.5, 0.6) is 5.88 Å². The lowest BCUT2D eigenvalue weighted by molar-refractivity contribution is -0.192. The van der Waals surface area contributed by atoms with Gasteiger partial charge in [0.05, 0.1) is 17.6 Å². The Morgan fingerprint density at radius 2 is 1.72 bits per heavy atom. The number of aliphatic carboxylic acids is 1. The maximum absolute atomic E-state index is 14.7. The van der Waals surface area contributed by atoms with Gasteiger partial charge >= 0.3 is 12.1 Å². The summed E-state index contributed by atoms with van der Waals surface area (Å²) < 4.78 is 66.7. The van der Waals surface area contributed by atoms with Crippen LogP contribution in [-0.4, -0.2) is 78.4 Å². The van der Waals surface area contributed by atoms with Gasteiger partial charge in [-0.15, -0.1) is 15.0 Å². The molecule has 0 saturated carbocycles. The minimum Gasteiger partial charge on any atom is -0.475 e. The predicted octanol–water partition coefficient (Wildman–Crippen LogP) is 3.77. The number of amides is 1. The molecule has 1 aliphatic heterocycles. The summed E-state index contributed by atoms with van der Waals surface area (Å²) in [5.74, 6) is -6.17. The molecular weight excluding hydrogens is 531 g/mol. The number of nitrogens with zero attached hydrogens (tertiary/aromatic N) is 6. The Morgan fingerprint density at radius 3 is 2.41 bits per heavy atom. The van der Waals surface area contributed by atoms with Gasteiger partial charge in [0, 0.05) is 24.4 Å². The normalized spacial score (nSPS) is 16.7. The van der Waals surface area contributed by atoms with Crippen LogP contribution in [0.25, 0.3) is 16.6 Å². The third-order valence-corrected chi connectivity index (χ3v) is 5.64. The number of halogens is 5. The molecule has 2 aromatic carbocycles. The molecule has 1 amide bonds. The van der Waals surface area contributed by atoms with Crippen LogP contribution in [0.2, 0.25) is 0 Å². The van der Waals surface area contributed by atoms with E-state index in [9.17, 15) is 26.7 Å². The van der Waals surface area contributed by atoms with Crippen LogP contribution in [0.15, 0.2) is 67.0 Å². The fourth-order valence-electron chi connectivity index (χ4n) is 3.71. The number of piperidine rings is 1. The van der Waals surface area contributed by atoms with E-state index in [0.29, 0.717) is 16.8 Å². The van der Waals surface area contributed by atoms with Crippen LogP contribution in [0.4, 0.5) is 22.0 Å². The summed E-state index contributed by atoms with van der Waals surface area (Å²) in [7, 11) is 0. The summed E-state index contributed by atoms with van der Waals surface area (Å²) in [6.07, 6.45) is -5.87. The van der Waals surface area contributed by atoms with Gasteiger partial charge in [-0.3, -0.25) is 4.79 Å². The number of hydrogen-bond acceptors (Lipinski definition) is 7. The van der Waals surface area contributed by atoms with E-state index >= 15 is 0 Å². The van der Waals surface area contributed by atoms with E-state index < -0.39 is 36.5 Å². The number of carbonyl (C=O) groups is 2. The van der Waals surface area contributed by atoms with E-state index in [-0.39, 0.29) is 19.0 Å². The van der Waals surface area contributed by atoms with Crippen molar-refractivity contribution in [2.45, 2.75) is 24.6 Å². The zero-order chi connectivity index (χ0) is 28.2. The van der Waals surface area contributed by atoms with Gasteiger partial charge in [0.25, 0.3) is 11.8 Å². The number of para-hydroxylation sites is 2. The molecule has 1 aliphatic rings. The number of aromatic nitrogens is 5. The highest BCUT2D eigenvalue weighted by Crippen LogP contribution is 2.32. The first-order valence-electron chi connectivity index (χ1n) is 11.3. The second kappa shape index (κ2) is 11.0. The molecule has 2 aromatic heterocycles. The SMILES string of the molecule is O=C(O)C(F)(F)F.O=C(c1ccccc1-n1ncnn1)N1CCC(F)(F)[C@@H](Oc2ccc3ccccc3n2)C1. The standard InChI is InChI=1S/C22H18F2N6O2.C2HF3O2/c23-22(24)11-12-29(21(31)16-6-2-4-8-18(16)30-26-14-25-28-30)13-19(22)32-20-10-9-15-5-1-3-7-17(15)27-20;3-2(4,5)1(6)7/h1-10,14,19H,11-13H2;(H,6,7)/t19-;/m0./s1. The highest BCUT2D eigenvalue weighted by atomic mass is 19.4. The van der Waals surface area contributed by atoms with Crippen LogP contribution in [0.3, 0.4) is 0 Å². The molecular formula is C24H19F5N6O4. The molecule has 1 fully saturated rings. The number of rotatable bonds is 4. The summed E-state index contributed by atoms with van der Waals surface area (Å²) in [4.78, 5) is 29.0. The van der Waals surface area contributed by atoms with Crippen molar-refractivity contribution in [2.75, 3.05) is 13.1 Å². The lowest BCUT2D eigenvalue weighted by Gasteiger charge is -2.38. The van der Waals surface area contributed by atoms with Crippen molar-refractivity contribution < 1.29 is 41.4 Å². The summed E-state index contributed by atoms with van der Waals surface area (Å²) >= 11 is 0. The molecule has 1 atom stereocenters. The van der Waals surface area contributed by atoms with Gasteiger partial charge in [0.15, 0.2) is 12.4 Å². The van der Waals surface area contributed by atoms with Gasteiger partial charge in [-0.1, -0.05) is 30.3 Å². The molecule has 1 saturated heterocycles. The van der Waals surface area contributed by atoms with E-state index in [1.165, 1.54) is 16.0 Å². The fourth-order valence-corrected chi connectivity index (χ4v) is 3.71. The lowest BCUT2D eigenvalue weighted by atomic mass is 10.0. The molecule has 10 nitrogen and oxygen atoms in total. The number of tetrazole rings is 1. The number of fused-ring (bicyclic) bond motifs is 1. The van der Waals surface area contributed by atoms with Crippen molar-refractivity contribution in [2.24, 2.45) is 0 Å². The van der Waals surface area contributed by atoms with Crippen molar-refractivity contribution in [3.63, 3.8) is 0 Å². The molecule has 3 heterocycles. The number of alkyl halides is 5. The Morgan fingerprint density at radius 1 is 1.03 bits per heavy atom. The van der Waals surface area contributed by atoms with Crippen molar-refractivity contribution >= 4 is 22.8 Å². The van der Waals surface area contributed by atoms with Crippen LogP contribution in [0.1, 0.15) is 16.8 Å². The third kappa shape index (κ3) is 6.42. The van der Waals surface area contributed by atoms with Crippen LogP contribution >= 0.6 is 0 Å². The summed E-state index contributed by atoms with van der Waals surface area (Å²) in [6.45, 7) is -0.380. The van der Waals surface area contributed by atoms with E-state index in [2.05, 4.69) is 20.4 Å². The van der Waals surface area contributed by atoms with Gasteiger partial charge in [-0.05, 0) is 29.5 Å². The molecule has 0 bridgehead atoms. The number of benzene rings is 2. The first kappa shape index (κ1) is 27.3. The number of hydrogen-bond donors (Lipinski definition) is 1. The Labute approximate surface area is 216 Å². The van der Waals surface area contributed by atoms with Crippen LogP contribution in [-0.2, 0) is 4.79 Å². The topological polar surface area (TPSA) is 123 Å². The number of carboxylic acids is 1. The largest absolute Gasteiger partial charge is 0.490 e. The molecule has 0 unspecified atom stereocenters. The van der Waals surface area contributed by atoms with Gasteiger partial charge < -0.3 is 14.7 Å². The molecule has 0 radical (unpaired) electrons. The van der Waals surface area contributed by atoms with E-state index in [0.717, 1.165) is 5.39 Å². The van der Waals surface area contributed by atoms with Gasteiger partial charge in [-0.2, -0.15) is 13.2 Å². The predicted molar refractivity (Wildman–Crippen MR) is 124 cm³/mol. The lowest BCUT2D eigenvalue weighted by Crippen LogP contribution is -2.55. The quantitative estimate of drug-likeness (QED) is 0.381. The monoisotopic (exact) mass is 550 g/mol. The first-order chi connectivity index (χ1) is 18.5. The Hall–Kier alpha value is -4.69.